The van der Waals surface area contributed by atoms with Crippen LogP contribution in [0.1, 0.15) is 54.0 Å². The van der Waals surface area contributed by atoms with Gasteiger partial charge in [-0.25, -0.2) is 0 Å². The SMILES string of the molecule is CC(C)C(=O)Nc1ccc(N(C)C)c(CN(C(=O)C(C)C)[C@H](C)C(C)C)c1. The fourth-order valence-corrected chi connectivity index (χ4v) is 2.81. The highest BCUT2D eigenvalue weighted by Gasteiger charge is 2.26. The summed E-state index contributed by atoms with van der Waals surface area (Å²) in [6.45, 7) is 14.5. The first kappa shape index (κ1) is 23.0. The molecule has 0 saturated carbocycles. The molecule has 5 heteroatoms. The van der Waals surface area contributed by atoms with Crippen LogP contribution >= 0.6 is 0 Å². The maximum absolute atomic E-state index is 12.9. The van der Waals surface area contributed by atoms with Crippen LogP contribution < -0.4 is 10.2 Å². The van der Waals surface area contributed by atoms with Gasteiger partial charge in [0.2, 0.25) is 11.8 Å². The van der Waals surface area contributed by atoms with Crippen molar-refractivity contribution in [1.29, 1.82) is 0 Å². The lowest BCUT2D eigenvalue weighted by Crippen LogP contribution is -2.43. The van der Waals surface area contributed by atoms with Crippen molar-refractivity contribution in [2.24, 2.45) is 17.8 Å². The van der Waals surface area contributed by atoms with Crippen molar-refractivity contribution in [3.05, 3.63) is 23.8 Å². The summed E-state index contributed by atoms with van der Waals surface area (Å²) in [5, 5.41) is 2.96. The Hall–Kier alpha value is -2.04. The molecule has 1 N–H and O–H groups in total. The average Bonchev–Trinajstić information content (AvgIpc) is 2.57. The number of rotatable bonds is 8. The molecule has 0 saturated heterocycles. The number of hydrogen-bond acceptors (Lipinski definition) is 3. The molecule has 0 heterocycles. The lowest BCUT2D eigenvalue weighted by Gasteiger charge is -2.34. The number of amides is 2. The number of anilines is 2. The number of nitrogens with zero attached hydrogens (tertiary/aromatic N) is 2. The van der Waals surface area contributed by atoms with Crippen molar-refractivity contribution in [2.75, 3.05) is 24.3 Å². The second-order valence-electron chi connectivity index (χ2n) is 8.49. The third-order valence-corrected chi connectivity index (χ3v) is 4.93. The van der Waals surface area contributed by atoms with Crippen molar-refractivity contribution in [1.82, 2.24) is 4.90 Å². The van der Waals surface area contributed by atoms with E-state index in [2.05, 4.69) is 26.1 Å². The summed E-state index contributed by atoms with van der Waals surface area (Å²) >= 11 is 0. The number of hydrogen-bond donors (Lipinski definition) is 1. The van der Waals surface area contributed by atoms with Crippen molar-refractivity contribution in [3.63, 3.8) is 0 Å². The van der Waals surface area contributed by atoms with E-state index >= 15 is 0 Å². The van der Waals surface area contributed by atoms with Gasteiger partial charge in [-0.05, 0) is 36.6 Å². The number of carbonyl (C=O) groups excluding carboxylic acids is 2. The average molecular weight is 376 g/mol. The predicted molar refractivity (Wildman–Crippen MR) is 114 cm³/mol. The molecule has 0 unspecified atom stereocenters. The molecule has 0 aliphatic rings. The van der Waals surface area contributed by atoms with Crippen LogP contribution in [0, 0.1) is 17.8 Å². The molecule has 1 rings (SSSR count). The van der Waals surface area contributed by atoms with Gasteiger partial charge in [0.15, 0.2) is 0 Å². The zero-order valence-corrected chi connectivity index (χ0v) is 18.5. The van der Waals surface area contributed by atoms with Crippen LogP contribution in [0.15, 0.2) is 18.2 Å². The summed E-state index contributed by atoms with van der Waals surface area (Å²) in [5.74, 6) is 0.362. The van der Waals surface area contributed by atoms with E-state index in [0.29, 0.717) is 12.5 Å². The second-order valence-corrected chi connectivity index (χ2v) is 8.49. The van der Waals surface area contributed by atoms with Gasteiger partial charge in [0, 0.05) is 49.9 Å². The predicted octanol–water partition coefficient (Wildman–Crippen LogP) is 4.38. The topological polar surface area (TPSA) is 52.7 Å². The standard InChI is InChI=1S/C22H37N3O2/c1-14(2)17(7)25(22(27)16(5)6)13-18-12-19(23-21(26)15(3)4)10-11-20(18)24(8)9/h10-12,14-17H,13H2,1-9H3,(H,23,26)/t17-/m1/s1. The van der Waals surface area contributed by atoms with Gasteiger partial charge in [-0.3, -0.25) is 9.59 Å². The van der Waals surface area contributed by atoms with E-state index in [1.807, 2.05) is 69.8 Å². The van der Waals surface area contributed by atoms with Crippen LogP contribution in [0.25, 0.3) is 0 Å². The molecule has 0 spiro atoms. The highest BCUT2D eigenvalue weighted by atomic mass is 16.2. The molecule has 5 nitrogen and oxygen atoms in total. The van der Waals surface area contributed by atoms with Crippen LogP contribution in [0.3, 0.4) is 0 Å². The van der Waals surface area contributed by atoms with Crippen LogP contribution in [0.5, 0.6) is 0 Å². The number of nitrogens with one attached hydrogen (secondary N) is 1. The first-order valence-electron chi connectivity index (χ1n) is 9.87. The maximum Gasteiger partial charge on any atom is 0.226 e. The summed E-state index contributed by atoms with van der Waals surface area (Å²) < 4.78 is 0. The molecule has 27 heavy (non-hydrogen) atoms. The Morgan fingerprint density at radius 1 is 0.963 bits per heavy atom. The molecule has 0 aliphatic heterocycles. The van der Waals surface area contributed by atoms with Crippen LogP contribution in [-0.4, -0.2) is 36.9 Å². The van der Waals surface area contributed by atoms with E-state index in [0.717, 1.165) is 16.9 Å². The number of carbonyl (C=O) groups is 2. The molecule has 0 radical (unpaired) electrons. The normalized spacial score (nSPS) is 12.4. The molecular weight excluding hydrogens is 338 g/mol. The molecule has 152 valence electrons. The van der Waals surface area contributed by atoms with Crippen LogP contribution in [-0.2, 0) is 16.1 Å². The summed E-state index contributed by atoms with van der Waals surface area (Å²) in [4.78, 5) is 28.9. The smallest absolute Gasteiger partial charge is 0.226 e. The van der Waals surface area contributed by atoms with Gasteiger partial charge < -0.3 is 15.1 Å². The van der Waals surface area contributed by atoms with Crippen molar-refractivity contribution in [3.8, 4) is 0 Å². The molecule has 0 aromatic heterocycles. The van der Waals surface area contributed by atoms with Gasteiger partial charge in [0.05, 0.1) is 0 Å². The Morgan fingerprint density at radius 3 is 2.00 bits per heavy atom. The monoisotopic (exact) mass is 375 g/mol. The van der Waals surface area contributed by atoms with E-state index in [1.165, 1.54) is 0 Å². The Balaban J connectivity index is 3.28. The van der Waals surface area contributed by atoms with E-state index in [9.17, 15) is 9.59 Å². The second kappa shape index (κ2) is 9.77. The van der Waals surface area contributed by atoms with Crippen molar-refractivity contribution < 1.29 is 9.59 Å². The fourth-order valence-electron chi connectivity index (χ4n) is 2.81. The van der Waals surface area contributed by atoms with Gasteiger partial charge in [-0.1, -0.05) is 41.5 Å². The summed E-state index contributed by atoms with van der Waals surface area (Å²) in [7, 11) is 3.98. The van der Waals surface area contributed by atoms with E-state index in [1.54, 1.807) is 0 Å². The molecular formula is C22H37N3O2. The third-order valence-electron chi connectivity index (χ3n) is 4.93. The molecule has 1 atom stereocenters. The van der Waals surface area contributed by atoms with Gasteiger partial charge in [-0.2, -0.15) is 0 Å². The summed E-state index contributed by atoms with van der Waals surface area (Å²) in [6, 6.07) is 6.04. The minimum Gasteiger partial charge on any atom is -0.377 e. The molecule has 1 aromatic rings. The first-order chi connectivity index (χ1) is 12.5. The fraction of sp³-hybridized carbons (Fsp3) is 0.636. The van der Waals surface area contributed by atoms with E-state index < -0.39 is 0 Å². The minimum atomic E-state index is -0.0815. The van der Waals surface area contributed by atoms with Crippen molar-refractivity contribution >= 4 is 23.2 Å². The van der Waals surface area contributed by atoms with Gasteiger partial charge >= 0.3 is 0 Å². The van der Waals surface area contributed by atoms with Crippen LogP contribution in [0.2, 0.25) is 0 Å². The van der Waals surface area contributed by atoms with E-state index in [4.69, 9.17) is 0 Å². The van der Waals surface area contributed by atoms with Crippen LogP contribution in [0.4, 0.5) is 11.4 Å². The molecule has 1 aromatic carbocycles. The molecule has 0 fully saturated rings. The third kappa shape index (κ3) is 6.26. The molecule has 0 bridgehead atoms. The molecule has 2 amide bonds. The Bertz CT molecular complexity index is 651. The largest absolute Gasteiger partial charge is 0.377 e. The zero-order chi connectivity index (χ0) is 20.9. The van der Waals surface area contributed by atoms with E-state index in [-0.39, 0.29) is 29.7 Å². The number of benzene rings is 1. The van der Waals surface area contributed by atoms with Gasteiger partial charge in [0.1, 0.15) is 0 Å². The lowest BCUT2D eigenvalue weighted by atomic mass is 10.0. The first-order valence-corrected chi connectivity index (χ1v) is 9.87. The quantitative estimate of drug-likeness (QED) is 0.734. The molecule has 0 aliphatic carbocycles. The van der Waals surface area contributed by atoms with Crippen molar-refractivity contribution in [2.45, 2.75) is 61.1 Å². The lowest BCUT2D eigenvalue weighted by molar-refractivity contribution is -0.138. The Morgan fingerprint density at radius 2 is 1.56 bits per heavy atom. The van der Waals surface area contributed by atoms with Gasteiger partial charge in [-0.15, -0.1) is 0 Å². The zero-order valence-electron chi connectivity index (χ0n) is 18.5. The highest BCUT2D eigenvalue weighted by Crippen LogP contribution is 2.27. The Kier molecular flexibility index (Phi) is 8.32. The summed E-state index contributed by atoms with van der Waals surface area (Å²) in [6.07, 6.45) is 0. The highest BCUT2D eigenvalue weighted by molar-refractivity contribution is 5.92. The van der Waals surface area contributed by atoms with Gasteiger partial charge in [0.25, 0.3) is 0 Å². The minimum absolute atomic E-state index is 0.00999. The summed E-state index contributed by atoms with van der Waals surface area (Å²) in [5.41, 5.74) is 2.85. The maximum atomic E-state index is 12.9. The Labute approximate surface area is 165 Å².